The maximum atomic E-state index is 14.4. The van der Waals surface area contributed by atoms with Gasteiger partial charge in [0.15, 0.2) is 23.3 Å². The van der Waals surface area contributed by atoms with E-state index in [1.807, 2.05) is 18.4 Å². The van der Waals surface area contributed by atoms with Crippen molar-refractivity contribution >= 4 is 23.1 Å². The van der Waals surface area contributed by atoms with Crippen LogP contribution in [-0.4, -0.2) is 11.2 Å². The molecule has 9 heteroatoms. The molecule has 0 amide bonds. The molecule has 0 fully saturated rings. The Hall–Kier alpha value is -2.78. The minimum absolute atomic E-state index is 0.237. The minimum atomic E-state index is -2.23. The molecule has 1 aromatic heterocycles. The Labute approximate surface area is 181 Å². The fourth-order valence-corrected chi connectivity index (χ4v) is 4.50. The molecule has 0 bridgehead atoms. The molecule has 0 aliphatic carbocycles. The van der Waals surface area contributed by atoms with Crippen LogP contribution >= 0.6 is 23.1 Å². The molecule has 0 unspecified atom stereocenters. The lowest BCUT2D eigenvalue weighted by molar-refractivity contribution is 0.381. The van der Waals surface area contributed by atoms with Gasteiger partial charge in [-0.3, -0.25) is 0 Å². The second kappa shape index (κ2) is 8.39. The van der Waals surface area contributed by atoms with Crippen LogP contribution in [0, 0.1) is 34.9 Å². The van der Waals surface area contributed by atoms with E-state index in [4.69, 9.17) is 0 Å². The minimum Gasteiger partial charge on any atom is -0.235 e. The molecular weight excluding hydrogens is 456 g/mol. The lowest BCUT2D eigenvalue weighted by atomic mass is 10.1. The molecule has 0 radical (unpaired) electrons. The Morgan fingerprint density at radius 3 is 1.74 bits per heavy atom. The molecule has 4 rings (SSSR count). The van der Waals surface area contributed by atoms with Crippen molar-refractivity contribution in [3.63, 3.8) is 0 Å². The second-order valence-electron chi connectivity index (χ2n) is 6.38. The first-order chi connectivity index (χ1) is 14.8. The third-order valence-electron chi connectivity index (χ3n) is 4.52. The standard InChI is InChI=1S/C22H11F6NS2/c1-30-13-8-4-11(5-9-13)21-20(10-2-6-12(23)7-3-10)29-22(31-21)14-15(24)17(26)19(28)18(27)16(14)25/h2-9H,1H3. The van der Waals surface area contributed by atoms with Crippen LogP contribution in [0.1, 0.15) is 0 Å². The van der Waals surface area contributed by atoms with E-state index in [1.54, 1.807) is 12.1 Å². The SMILES string of the molecule is CSc1ccc(-c2sc(-c3c(F)c(F)c(F)c(F)c3F)nc2-c2ccc(F)cc2)cc1. The van der Waals surface area contributed by atoms with Crippen molar-refractivity contribution in [2.24, 2.45) is 0 Å². The zero-order chi connectivity index (χ0) is 22.3. The van der Waals surface area contributed by atoms with E-state index >= 15 is 0 Å². The Kier molecular flexibility index (Phi) is 5.81. The first kappa shape index (κ1) is 21.5. The number of thiazole rings is 1. The van der Waals surface area contributed by atoms with Gasteiger partial charge in [-0.25, -0.2) is 31.3 Å². The highest BCUT2D eigenvalue weighted by atomic mass is 32.2. The molecule has 1 heterocycles. The van der Waals surface area contributed by atoms with Gasteiger partial charge in [0.25, 0.3) is 0 Å². The van der Waals surface area contributed by atoms with E-state index in [9.17, 15) is 26.3 Å². The average Bonchev–Trinajstić information content (AvgIpc) is 3.22. The normalized spacial score (nSPS) is 11.2. The quantitative estimate of drug-likeness (QED) is 0.132. The van der Waals surface area contributed by atoms with E-state index < -0.39 is 40.5 Å². The first-order valence-electron chi connectivity index (χ1n) is 8.74. The first-order valence-corrected chi connectivity index (χ1v) is 10.8. The lowest BCUT2D eigenvalue weighted by Crippen LogP contribution is -2.03. The molecule has 0 aliphatic rings. The van der Waals surface area contributed by atoms with Gasteiger partial charge in [0.1, 0.15) is 10.8 Å². The molecule has 1 nitrogen and oxygen atoms in total. The number of aromatic nitrogens is 1. The van der Waals surface area contributed by atoms with Crippen LogP contribution in [0.25, 0.3) is 32.3 Å². The maximum absolute atomic E-state index is 14.4. The third kappa shape index (κ3) is 3.83. The summed E-state index contributed by atoms with van der Waals surface area (Å²) >= 11 is 2.30. The summed E-state index contributed by atoms with van der Waals surface area (Å²) in [5, 5.41) is -0.379. The zero-order valence-corrected chi connectivity index (χ0v) is 17.3. The van der Waals surface area contributed by atoms with Crippen LogP contribution in [-0.2, 0) is 0 Å². The number of thioether (sulfide) groups is 1. The number of nitrogens with zero attached hydrogens (tertiary/aromatic N) is 1. The topological polar surface area (TPSA) is 12.9 Å². The summed E-state index contributed by atoms with van der Waals surface area (Å²) < 4.78 is 83.1. The van der Waals surface area contributed by atoms with E-state index in [1.165, 1.54) is 36.0 Å². The van der Waals surface area contributed by atoms with Gasteiger partial charge in [-0.05, 0) is 48.2 Å². The van der Waals surface area contributed by atoms with Gasteiger partial charge in [-0.1, -0.05) is 12.1 Å². The van der Waals surface area contributed by atoms with Crippen molar-refractivity contribution in [3.8, 4) is 32.3 Å². The average molecular weight is 467 g/mol. The van der Waals surface area contributed by atoms with Gasteiger partial charge in [0, 0.05) is 10.5 Å². The summed E-state index contributed by atoms with van der Waals surface area (Å²) in [5.41, 5.74) is 0.194. The molecular formula is C22H11F6NS2. The summed E-state index contributed by atoms with van der Waals surface area (Å²) in [4.78, 5) is 5.60. The maximum Gasteiger partial charge on any atom is 0.200 e. The molecule has 3 aromatic carbocycles. The van der Waals surface area contributed by atoms with Gasteiger partial charge in [-0.2, -0.15) is 0 Å². The highest BCUT2D eigenvalue weighted by Crippen LogP contribution is 2.43. The molecule has 0 aliphatic heterocycles. The number of rotatable bonds is 4. The van der Waals surface area contributed by atoms with Crippen LogP contribution in [0.15, 0.2) is 53.4 Å². The fraction of sp³-hybridized carbons (Fsp3) is 0.0455. The molecule has 0 saturated heterocycles. The molecule has 0 spiro atoms. The molecule has 158 valence electrons. The summed E-state index contributed by atoms with van der Waals surface area (Å²) in [5.74, 6) is -10.7. The third-order valence-corrected chi connectivity index (χ3v) is 6.39. The molecule has 0 atom stereocenters. The monoisotopic (exact) mass is 467 g/mol. The molecule has 0 saturated carbocycles. The largest absolute Gasteiger partial charge is 0.235 e. The summed E-state index contributed by atoms with van der Waals surface area (Å²) in [7, 11) is 0. The lowest BCUT2D eigenvalue weighted by Gasteiger charge is -2.05. The zero-order valence-electron chi connectivity index (χ0n) is 15.7. The van der Waals surface area contributed by atoms with Crippen LogP contribution in [0.5, 0.6) is 0 Å². The second-order valence-corrected chi connectivity index (χ2v) is 8.26. The van der Waals surface area contributed by atoms with E-state index in [0.29, 0.717) is 16.0 Å². The Balaban J connectivity index is 1.97. The van der Waals surface area contributed by atoms with Gasteiger partial charge < -0.3 is 0 Å². The van der Waals surface area contributed by atoms with Gasteiger partial charge in [0.05, 0.1) is 16.1 Å². The van der Waals surface area contributed by atoms with Crippen LogP contribution in [0.2, 0.25) is 0 Å². The van der Waals surface area contributed by atoms with Crippen molar-refractivity contribution in [1.82, 2.24) is 4.98 Å². The predicted molar refractivity (Wildman–Crippen MR) is 110 cm³/mol. The summed E-state index contributed by atoms with van der Waals surface area (Å²) in [6.07, 6.45) is 1.90. The molecule has 0 N–H and O–H groups in total. The number of hydrogen-bond donors (Lipinski definition) is 0. The Bertz CT molecular complexity index is 1240. The van der Waals surface area contributed by atoms with Crippen molar-refractivity contribution < 1.29 is 26.3 Å². The number of benzene rings is 3. The Morgan fingerprint density at radius 2 is 1.19 bits per heavy atom. The summed E-state index contributed by atoms with van der Waals surface area (Å²) in [6, 6.07) is 12.4. The van der Waals surface area contributed by atoms with Crippen LogP contribution < -0.4 is 0 Å². The Morgan fingerprint density at radius 1 is 0.677 bits per heavy atom. The van der Waals surface area contributed by atoms with Crippen LogP contribution in [0.3, 0.4) is 0 Å². The molecule has 31 heavy (non-hydrogen) atoms. The highest BCUT2D eigenvalue weighted by molar-refractivity contribution is 7.98. The van der Waals surface area contributed by atoms with E-state index in [2.05, 4.69) is 4.98 Å². The fourth-order valence-electron chi connectivity index (χ4n) is 2.96. The predicted octanol–water partition coefficient (Wildman–Crippen LogP) is 7.70. The molecule has 4 aromatic rings. The van der Waals surface area contributed by atoms with E-state index in [-0.39, 0.29) is 10.7 Å². The van der Waals surface area contributed by atoms with Gasteiger partial charge in [0.2, 0.25) is 5.82 Å². The van der Waals surface area contributed by atoms with Crippen molar-refractivity contribution in [1.29, 1.82) is 0 Å². The summed E-state index contributed by atoms with van der Waals surface area (Å²) in [6.45, 7) is 0. The van der Waals surface area contributed by atoms with Crippen LogP contribution in [0.4, 0.5) is 26.3 Å². The van der Waals surface area contributed by atoms with Gasteiger partial charge in [-0.15, -0.1) is 23.1 Å². The van der Waals surface area contributed by atoms with Crippen molar-refractivity contribution in [2.75, 3.05) is 6.26 Å². The van der Waals surface area contributed by atoms with Crippen molar-refractivity contribution in [3.05, 3.63) is 83.4 Å². The number of hydrogen-bond acceptors (Lipinski definition) is 3. The smallest absolute Gasteiger partial charge is 0.200 e. The van der Waals surface area contributed by atoms with Gasteiger partial charge >= 0.3 is 0 Å². The highest BCUT2D eigenvalue weighted by Gasteiger charge is 2.29. The van der Waals surface area contributed by atoms with E-state index in [0.717, 1.165) is 16.2 Å². The number of halogens is 6. The van der Waals surface area contributed by atoms with Crippen molar-refractivity contribution in [2.45, 2.75) is 4.90 Å².